The Kier molecular flexibility index (Phi) is 6.03. The average molecular weight is 564 g/mol. The minimum Gasteiger partial charge on any atom is -0.497 e. The number of carbonyl (C=O) groups is 1. The van der Waals surface area contributed by atoms with E-state index in [-0.39, 0.29) is 11.9 Å². The van der Waals surface area contributed by atoms with Crippen molar-refractivity contribution in [1.82, 2.24) is 34.3 Å². The van der Waals surface area contributed by atoms with Crippen LogP contribution in [-0.2, 0) is 10.3 Å². The third-order valence-electron chi connectivity index (χ3n) is 7.93. The van der Waals surface area contributed by atoms with Crippen molar-refractivity contribution in [3.05, 3.63) is 84.8 Å². The molecule has 212 valence electrons. The number of ether oxygens (including phenoxy) is 1. The number of hydrogen-bond donors (Lipinski definition) is 1. The van der Waals surface area contributed by atoms with E-state index in [9.17, 15) is 4.79 Å². The number of nitrogens with two attached hydrogens (primary N) is 1. The lowest BCUT2D eigenvalue weighted by atomic mass is 9.90. The zero-order valence-corrected chi connectivity index (χ0v) is 23.2. The second-order valence-electron chi connectivity index (χ2n) is 10.3. The van der Waals surface area contributed by atoms with Gasteiger partial charge in [0.1, 0.15) is 5.75 Å². The maximum absolute atomic E-state index is 14.5. The fourth-order valence-corrected chi connectivity index (χ4v) is 5.63. The first-order valence-corrected chi connectivity index (χ1v) is 13.7. The van der Waals surface area contributed by atoms with Gasteiger partial charge in [-0.15, -0.1) is 5.10 Å². The molecule has 2 N–H and O–H groups in total. The van der Waals surface area contributed by atoms with E-state index in [4.69, 9.17) is 20.0 Å². The maximum Gasteiger partial charge on any atom is 0.255 e. The molecule has 6 aromatic rings. The van der Waals surface area contributed by atoms with Crippen LogP contribution in [0.15, 0.2) is 83.6 Å². The summed E-state index contributed by atoms with van der Waals surface area (Å²) in [5.74, 6) is 1.74. The molecule has 0 bridgehead atoms. The molecule has 42 heavy (non-hydrogen) atoms. The summed E-state index contributed by atoms with van der Waals surface area (Å²) >= 11 is 0. The number of nitrogen functional groups attached to an aromatic ring is 1. The number of hydrogen-bond acceptors (Lipinski definition) is 9. The topological polar surface area (TPSA) is 133 Å². The highest BCUT2D eigenvalue weighted by molar-refractivity contribution is 5.94. The van der Waals surface area contributed by atoms with Crippen molar-refractivity contribution in [3.63, 3.8) is 0 Å². The predicted molar refractivity (Wildman–Crippen MR) is 157 cm³/mol. The van der Waals surface area contributed by atoms with Gasteiger partial charge in [0.2, 0.25) is 11.8 Å². The smallest absolute Gasteiger partial charge is 0.255 e. The SMILES string of the molecule is COc1cccc(N2CCN(C(=O)C(C)(c3ccccc3)n3ncc4c3nc(N)n3nc(-c5ccco5)nc43)CC2)c1. The van der Waals surface area contributed by atoms with Crippen molar-refractivity contribution in [2.45, 2.75) is 12.5 Å². The van der Waals surface area contributed by atoms with Gasteiger partial charge in [0, 0.05) is 37.9 Å². The number of aromatic nitrogens is 6. The monoisotopic (exact) mass is 563 g/mol. The van der Waals surface area contributed by atoms with Crippen LogP contribution in [0.5, 0.6) is 5.75 Å². The van der Waals surface area contributed by atoms with Crippen molar-refractivity contribution in [1.29, 1.82) is 0 Å². The van der Waals surface area contributed by atoms with E-state index in [2.05, 4.69) is 26.0 Å². The maximum atomic E-state index is 14.5. The third-order valence-corrected chi connectivity index (χ3v) is 7.93. The third kappa shape index (κ3) is 4.02. The van der Waals surface area contributed by atoms with Crippen LogP contribution in [0.4, 0.5) is 11.6 Å². The first kappa shape index (κ1) is 25.6. The van der Waals surface area contributed by atoms with Gasteiger partial charge in [0.15, 0.2) is 22.6 Å². The van der Waals surface area contributed by atoms with E-state index in [1.165, 1.54) is 4.52 Å². The Bertz CT molecular complexity index is 1890. The number of nitrogens with zero attached hydrogens (tertiary/aromatic N) is 8. The summed E-state index contributed by atoms with van der Waals surface area (Å²) in [6.07, 6.45) is 3.22. The molecule has 4 aromatic heterocycles. The van der Waals surface area contributed by atoms with Gasteiger partial charge in [0.25, 0.3) is 5.91 Å². The van der Waals surface area contributed by atoms with Crippen molar-refractivity contribution in [2.24, 2.45) is 0 Å². The van der Waals surface area contributed by atoms with Crippen LogP contribution in [0.25, 0.3) is 28.3 Å². The molecule has 0 radical (unpaired) electrons. The zero-order valence-electron chi connectivity index (χ0n) is 23.2. The van der Waals surface area contributed by atoms with Crippen molar-refractivity contribution >= 4 is 34.2 Å². The van der Waals surface area contributed by atoms with Gasteiger partial charge in [-0.1, -0.05) is 36.4 Å². The molecule has 1 aliphatic rings. The van der Waals surface area contributed by atoms with Gasteiger partial charge >= 0.3 is 0 Å². The van der Waals surface area contributed by atoms with Crippen LogP contribution in [0.1, 0.15) is 12.5 Å². The Morgan fingerprint density at radius 2 is 1.79 bits per heavy atom. The molecule has 0 saturated carbocycles. The van der Waals surface area contributed by atoms with E-state index < -0.39 is 5.54 Å². The highest BCUT2D eigenvalue weighted by Gasteiger charge is 2.43. The van der Waals surface area contributed by atoms with Crippen molar-refractivity contribution in [2.75, 3.05) is 43.9 Å². The Morgan fingerprint density at radius 1 is 0.976 bits per heavy atom. The molecule has 12 heteroatoms. The van der Waals surface area contributed by atoms with Crippen LogP contribution in [0.3, 0.4) is 0 Å². The number of carbonyl (C=O) groups excluding carboxylic acids is 1. The normalized spacial score (nSPS) is 15.3. The van der Waals surface area contributed by atoms with Gasteiger partial charge < -0.3 is 24.7 Å². The van der Waals surface area contributed by atoms with Crippen LogP contribution in [0.2, 0.25) is 0 Å². The minimum absolute atomic E-state index is 0.0815. The highest BCUT2D eigenvalue weighted by Crippen LogP contribution is 2.33. The summed E-state index contributed by atoms with van der Waals surface area (Å²) in [5.41, 5.74) is 7.94. The largest absolute Gasteiger partial charge is 0.497 e. The molecule has 2 aromatic carbocycles. The van der Waals surface area contributed by atoms with Crippen LogP contribution in [-0.4, -0.2) is 73.5 Å². The Hall–Kier alpha value is -5.39. The Morgan fingerprint density at radius 3 is 2.52 bits per heavy atom. The van der Waals surface area contributed by atoms with E-state index >= 15 is 0 Å². The predicted octanol–water partition coefficient (Wildman–Crippen LogP) is 3.44. The molecule has 0 aliphatic carbocycles. The van der Waals surface area contributed by atoms with E-state index in [1.54, 1.807) is 36.4 Å². The summed E-state index contributed by atoms with van der Waals surface area (Å²) < 4.78 is 14.0. The zero-order chi connectivity index (χ0) is 28.8. The standard InChI is InChI=1S/C30H29N9O3/c1-30(20-8-4-3-5-9-20,28(40)37-15-13-36(14-16-37)21-10-6-11-22(18-21)41-2)39-27-23(19-32-39)26-33-25(24-12-7-17-42-24)35-38(26)29(31)34-27/h3-12,17-19H,13-16H2,1-2H3,(H2,31,34). The van der Waals surface area contributed by atoms with E-state index in [0.717, 1.165) is 17.0 Å². The molecule has 1 fully saturated rings. The fourth-order valence-electron chi connectivity index (χ4n) is 5.63. The van der Waals surface area contributed by atoms with Crippen LogP contribution >= 0.6 is 0 Å². The van der Waals surface area contributed by atoms with Crippen LogP contribution < -0.4 is 15.4 Å². The number of amides is 1. The van der Waals surface area contributed by atoms with Gasteiger partial charge in [-0.05, 0) is 36.8 Å². The summed E-state index contributed by atoms with van der Waals surface area (Å²) in [6, 6.07) is 21.2. The molecule has 1 aliphatic heterocycles. The second kappa shape index (κ2) is 9.91. The lowest BCUT2D eigenvalue weighted by Gasteiger charge is -2.40. The van der Waals surface area contributed by atoms with E-state index in [0.29, 0.717) is 54.4 Å². The Balaban J connectivity index is 1.27. The average Bonchev–Trinajstić information content (AvgIpc) is 3.81. The van der Waals surface area contributed by atoms with Crippen LogP contribution in [0, 0.1) is 0 Å². The molecule has 1 amide bonds. The summed E-state index contributed by atoms with van der Waals surface area (Å²) in [6.45, 7) is 4.35. The number of rotatable bonds is 6. The fraction of sp³-hybridized carbons (Fsp3) is 0.233. The number of anilines is 2. The number of benzene rings is 2. The molecular weight excluding hydrogens is 534 g/mol. The van der Waals surface area contributed by atoms with Crippen molar-refractivity contribution < 1.29 is 13.9 Å². The van der Waals surface area contributed by atoms with Gasteiger partial charge in [0.05, 0.1) is 25.0 Å². The first-order valence-electron chi connectivity index (χ1n) is 13.7. The lowest BCUT2D eigenvalue weighted by molar-refractivity contribution is -0.138. The summed E-state index contributed by atoms with van der Waals surface area (Å²) in [4.78, 5) is 28.0. The molecule has 12 nitrogen and oxygen atoms in total. The number of piperazine rings is 1. The molecule has 1 saturated heterocycles. The lowest BCUT2D eigenvalue weighted by Crippen LogP contribution is -2.56. The quantitative estimate of drug-likeness (QED) is 0.324. The number of furan rings is 1. The van der Waals surface area contributed by atoms with Gasteiger partial charge in [-0.2, -0.15) is 14.6 Å². The first-order chi connectivity index (χ1) is 20.5. The number of fused-ring (bicyclic) bond motifs is 3. The molecule has 1 atom stereocenters. The second-order valence-corrected chi connectivity index (χ2v) is 10.3. The molecule has 0 spiro atoms. The van der Waals surface area contributed by atoms with E-state index in [1.807, 2.05) is 60.4 Å². The minimum atomic E-state index is -1.21. The number of methoxy groups -OCH3 is 1. The highest BCUT2D eigenvalue weighted by atomic mass is 16.5. The molecule has 5 heterocycles. The van der Waals surface area contributed by atoms with Gasteiger partial charge in [-0.3, -0.25) is 4.79 Å². The Labute approximate surface area is 240 Å². The molecule has 1 unspecified atom stereocenters. The summed E-state index contributed by atoms with van der Waals surface area (Å²) in [7, 11) is 1.66. The van der Waals surface area contributed by atoms with Crippen molar-refractivity contribution in [3.8, 4) is 17.3 Å². The molecular formula is C30H29N9O3. The van der Waals surface area contributed by atoms with Gasteiger partial charge in [-0.25, -0.2) is 9.67 Å². The molecule has 7 rings (SSSR count). The summed E-state index contributed by atoms with van der Waals surface area (Å²) in [5, 5.41) is 9.83.